The van der Waals surface area contributed by atoms with Crippen LogP contribution in [0.3, 0.4) is 0 Å². The van der Waals surface area contributed by atoms with E-state index in [0.717, 1.165) is 24.2 Å². The molecule has 0 aliphatic heterocycles. The monoisotopic (exact) mass is 366 g/mol. The van der Waals surface area contributed by atoms with Gasteiger partial charge in [0.15, 0.2) is 0 Å². The van der Waals surface area contributed by atoms with E-state index in [4.69, 9.17) is 4.74 Å². The summed E-state index contributed by atoms with van der Waals surface area (Å²) in [7, 11) is 1.63. The summed E-state index contributed by atoms with van der Waals surface area (Å²) in [4.78, 5) is 24.7. The van der Waals surface area contributed by atoms with E-state index in [2.05, 4.69) is 24.5 Å². The van der Waals surface area contributed by atoms with E-state index >= 15 is 0 Å². The van der Waals surface area contributed by atoms with Crippen molar-refractivity contribution in [2.75, 3.05) is 12.4 Å². The van der Waals surface area contributed by atoms with Crippen LogP contribution in [0.5, 0.6) is 5.75 Å². The van der Waals surface area contributed by atoms with Crippen molar-refractivity contribution < 1.29 is 14.3 Å². The molecule has 0 aromatic heterocycles. The van der Waals surface area contributed by atoms with Crippen molar-refractivity contribution in [3.05, 3.63) is 59.7 Å². The van der Waals surface area contributed by atoms with Crippen LogP contribution in [0, 0.1) is 11.8 Å². The van der Waals surface area contributed by atoms with Crippen molar-refractivity contribution in [1.82, 2.24) is 5.32 Å². The van der Waals surface area contributed by atoms with Gasteiger partial charge in [-0.1, -0.05) is 32.0 Å². The van der Waals surface area contributed by atoms with Gasteiger partial charge in [-0.15, -0.1) is 0 Å². The van der Waals surface area contributed by atoms with Gasteiger partial charge >= 0.3 is 0 Å². The fourth-order valence-corrected chi connectivity index (χ4v) is 3.00. The highest BCUT2D eigenvalue weighted by atomic mass is 16.5. The standard InChI is InChI=1S/C22H26N2O3/c1-14(2)20(15-9-11-19(27-3)12-10-15)24-22(26)17-5-4-6-18(13-17)23-21(25)16-7-8-16/h4-6,9-14,16,20H,7-8H2,1-3H3,(H,23,25)(H,24,26). The zero-order valence-electron chi connectivity index (χ0n) is 16.0. The Kier molecular flexibility index (Phi) is 5.79. The molecule has 1 fully saturated rings. The number of anilines is 1. The fourth-order valence-electron chi connectivity index (χ4n) is 3.00. The zero-order valence-corrected chi connectivity index (χ0v) is 16.0. The van der Waals surface area contributed by atoms with E-state index < -0.39 is 0 Å². The highest BCUT2D eigenvalue weighted by Gasteiger charge is 2.29. The van der Waals surface area contributed by atoms with E-state index in [1.807, 2.05) is 24.3 Å². The average molecular weight is 366 g/mol. The highest BCUT2D eigenvalue weighted by Crippen LogP contribution is 2.30. The maximum absolute atomic E-state index is 12.8. The molecule has 2 N–H and O–H groups in total. The molecule has 2 aromatic carbocycles. The predicted molar refractivity (Wildman–Crippen MR) is 106 cm³/mol. The lowest BCUT2D eigenvalue weighted by molar-refractivity contribution is -0.117. The fraction of sp³-hybridized carbons (Fsp3) is 0.364. The molecule has 0 spiro atoms. The maximum Gasteiger partial charge on any atom is 0.251 e. The first-order valence-electron chi connectivity index (χ1n) is 9.33. The molecule has 0 saturated heterocycles. The third-order valence-electron chi connectivity index (χ3n) is 4.77. The van der Waals surface area contributed by atoms with Gasteiger partial charge in [0.1, 0.15) is 5.75 Å². The number of amides is 2. The minimum atomic E-state index is -0.160. The SMILES string of the molecule is COc1ccc(C(NC(=O)c2cccc(NC(=O)C3CC3)c2)C(C)C)cc1. The molecule has 2 amide bonds. The van der Waals surface area contributed by atoms with Crippen LogP contribution in [0.25, 0.3) is 0 Å². The number of ether oxygens (including phenoxy) is 1. The van der Waals surface area contributed by atoms with E-state index in [1.54, 1.807) is 31.4 Å². The van der Waals surface area contributed by atoms with Crippen LogP contribution >= 0.6 is 0 Å². The molecule has 5 nitrogen and oxygen atoms in total. The van der Waals surface area contributed by atoms with Crippen molar-refractivity contribution in [3.63, 3.8) is 0 Å². The molecular formula is C22H26N2O3. The van der Waals surface area contributed by atoms with Crippen LogP contribution in [-0.4, -0.2) is 18.9 Å². The number of hydrogen-bond donors (Lipinski definition) is 2. The minimum absolute atomic E-state index is 0.0332. The Bertz CT molecular complexity index is 811. The molecule has 142 valence electrons. The molecule has 3 rings (SSSR count). The van der Waals surface area contributed by atoms with Crippen LogP contribution in [0.2, 0.25) is 0 Å². The highest BCUT2D eigenvalue weighted by molar-refractivity contribution is 5.98. The molecule has 1 atom stereocenters. The summed E-state index contributed by atoms with van der Waals surface area (Å²) in [5, 5.41) is 6.00. The summed E-state index contributed by atoms with van der Waals surface area (Å²) >= 11 is 0. The Morgan fingerprint density at radius 2 is 1.78 bits per heavy atom. The van der Waals surface area contributed by atoms with Gasteiger partial charge in [-0.25, -0.2) is 0 Å². The molecule has 1 aliphatic rings. The van der Waals surface area contributed by atoms with Gasteiger partial charge in [0.25, 0.3) is 5.91 Å². The maximum atomic E-state index is 12.8. The third kappa shape index (κ3) is 4.88. The van der Waals surface area contributed by atoms with Crippen LogP contribution in [-0.2, 0) is 4.79 Å². The van der Waals surface area contributed by atoms with E-state index in [9.17, 15) is 9.59 Å². The van der Waals surface area contributed by atoms with E-state index in [1.165, 1.54) is 0 Å². The summed E-state index contributed by atoms with van der Waals surface area (Å²) in [5.41, 5.74) is 2.21. The van der Waals surface area contributed by atoms with Crippen molar-refractivity contribution in [3.8, 4) is 5.75 Å². The Balaban J connectivity index is 1.72. The lowest BCUT2D eigenvalue weighted by atomic mass is 9.95. The smallest absolute Gasteiger partial charge is 0.251 e. The molecule has 1 saturated carbocycles. The molecule has 1 unspecified atom stereocenters. The summed E-state index contributed by atoms with van der Waals surface area (Å²) in [5.74, 6) is 1.01. The number of hydrogen-bond acceptors (Lipinski definition) is 3. The Labute approximate surface area is 160 Å². The number of rotatable bonds is 7. The van der Waals surface area contributed by atoms with Crippen LogP contribution in [0.15, 0.2) is 48.5 Å². The number of carbonyl (C=O) groups excluding carboxylic acids is 2. The van der Waals surface area contributed by atoms with Gasteiger partial charge in [0.2, 0.25) is 5.91 Å². The second kappa shape index (κ2) is 8.25. The first-order chi connectivity index (χ1) is 13.0. The number of methoxy groups -OCH3 is 1. The molecule has 1 aliphatic carbocycles. The Morgan fingerprint density at radius 1 is 1.07 bits per heavy atom. The van der Waals surface area contributed by atoms with E-state index in [0.29, 0.717) is 11.3 Å². The zero-order chi connectivity index (χ0) is 19.4. The van der Waals surface area contributed by atoms with Gasteiger partial charge in [-0.3, -0.25) is 9.59 Å². The quantitative estimate of drug-likeness (QED) is 0.773. The van der Waals surface area contributed by atoms with Crippen LogP contribution in [0.4, 0.5) is 5.69 Å². The van der Waals surface area contributed by atoms with Gasteiger partial charge in [-0.05, 0) is 54.7 Å². The molecule has 0 radical (unpaired) electrons. The lowest BCUT2D eigenvalue weighted by Gasteiger charge is -2.23. The number of benzene rings is 2. The number of carbonyl (C=O) groups is 2. The summed E-state index contributed by atoms with van der Waals surface area (Å²) in [6.45, 7) is 4.14. The predicted octanol–water partition coefficient (Wildman–Crippen LogP) is 4.17. The van der Waals surface area contributed by atoms with Crippen molar-refractivity contribution in [2.45, 2.75) is 32.7 Å². The molecule has 2 aromatic rings. The normalized spacial score (nSPS) is 14.5. The second-order valence-corrected chi connectivity index (χ2v) is 7.31. The van der Waals surface area contributed by atoms with Crippen molar-refractivity contribution in [1.29, 1.82) is 0 Å². The number of nitrogens with one attached hydrogen (secondary N) is 2. The lowest BCUT2D eigenvalue weighted by Crippen LogP contribution is -2.31. The Morgan fingerprint density at radius 3 is 2.37 bits per heavy atom. The Hall–Kier alpha value is -2.82. The molecule has 5 heteroatoms. The largest absolute Gasteiger partial charge is 0.497 e. The first kappa shape index (κ1) is 19.0. The van der Waals surface area contributed by atoms with Gasteiger partial charge in [-0.2, -0.15) is 0 Å². The van der Waals surface area contributed by atoms with Gasteiger partial charge in [0.05, 0.1) is 13.2 Å². The molecule has 27 heavy (non-hydrogen) atoms. The molecular weight excluding hydrogens is 340 g/mol. The summed E-state index contributed by atoms with van der Waals surface area (Å²) in [6, 6.07) is 14.7. The van der Waals surface area contributed by atoms with Crippen LogP contribution in [0.1, 0.15) is 48.7 Å². The third-order valence-corrected chi connectivity index (χ3v) is 4.77. The van der Waals surface area contributed by atoms with E-state index in [-0.39, 0.29) is 29.7 Å². The first-order valence-corrected chi connectivity index (χ1v) is 9.33. The topological polar surface area (TPSA) is 67.4 Å². The van der Waals surface area contributed by atoms with Gasteiger partial charge < -0.3 is 15.4 Å². The van der Waals surface area contributed by atoms with Crippen molar-refractivity contribution >= 4 is 17.5 Å². The summed E-state index contributed by atoms with van der Waals surface area (Å²) in [6.07, 6.45) is 1.90. The van der Waals surface area contributed by atoms with Gasteiger partial charge in [0, 0.05) is 17.2 Å². The van der Waals surface area contributed by atoms with Crippen LogP contribution < -0.4 is 15.4 Å². The minimum Gasteiger partial charge on any atom is -0.497 e. The van der Waals surface area contributed by atoms with Crippen molar-refractivity contribution in [2.24, 2.45) is 11.8 Å². The summed E-state index contributed by atoms with van der Waals surface area (Å²) < 4.78 is 5.20. The average Bonchev–Trinajstić information content (AvgIpc) is 3.51. The second-order valence-electron chi connectivity index (χ2n) is 7.31. The molecule has 0 bridgehead atoms. The molecule has 0 heterocycles.